The minimum Gasteiger partial charge on any atom is -0.352 e. The highest BCUT2D eigenvalue weighted by atomic mass is 35.5. The molecule has 2 atom stereocenters. The van der Waals surface area contributed by atoms with Gasteiger partial charge in [-0.1, -0.05) is 78.7 Å². The zero-order chi connectivity index (χ0) is 29.4. The Morgan fingerprint density at radius 3 is 2.12 bits per heavy atom. The second kappa shape index (κ2) is 14.0. The number of hydrogen-bond donors (Lipinski definition) is 1. The number of rotatable bonds is 12. The van der Waals surface area contributed by atoms with E-state index in [0.29, 0.717) is 16.3 Å². The van der Waals surface area contributed by atoms with E-state index in [9.17, 15) is 22.4 Å². The van der Waals surface area contributed by atoms with Crippen LogP contribution in [0, 0.1) is 5.82 Å². The van der Waals surface area contributed by atoms with Gasteiger partial charge < -0.3 is 10.2 Å². The first-order chi connectivity index (χ1) is 18.9. The number of nitrogens with zero attached hydrogens (tertiary/aromatic N) is 2. The maximum Gasteiger partial charge on any atom is 0.244 e. The molecule has 0 unspecified atom stereocenters. The Morgan fingerprint density at radius 2 is 1.55 bits per heavy atom. The number of halogens is 3. The van der Waals surface area contributed by atoms with Crippen molar-refractivity contribution in [2.45, 2.75) is 45.3 Å². The number of anilines is 1. The number of sulfonamides is 1. The van der Waals surface area contributed by atoms with Crippen molar-refractivity contribution < 1.29 is 22.4 Å². The van der Waals surface area contributed by atoms with E-state index in [1.54, 1.807) is 18.2 Å². The molecule has 0 aliphatic rings. The third-order valence-corrected chi connectivity index (χ3v) is 8.30. The van der Waals surface area contributed by atoms with Crippen LogP contribution >= 0.6 is 23.2 Å². The number of hydrogen-bond acceptors (Lipinski definition) is 4. The summed E-state index contributed by atoms with van der Waals surface area (Å²) in [5.41, 5.74) is 0.895. The Kier molecular flexibility index (Phi) is 11.0. The molecule has 0 spiro atoms. The second-order valence-corrected chi connectivity index (χ2v) is 12.2. The van der Waals surface area contributed by atoms with Gasteiger partial charge in [-0.25, -0.2) is 12.8 Å². The molecule has 0 radical (unpaired) electrons. The van der Waals surface area contributed by atoms with Gasteiger partial charge in [-0.2, -0.15) is 0 Å². The lowest BCUT2D eigenvalue weighted by atomic mass is 10.0. The Balaban J connectivity index is 2.12. The zero-order valence-electron chi connectivity index (χ0n) is 22.5. The fourth-order valence-electron chi connectivity index (χ4n) is 4.10. The van der Waals surface area contributed by atoms with Crippen LogP contribution in [0.1, 0.15) is 31.4 Å². The van der Waals surface area contributed by atoms with Gasteiger partial charge >= 0.3 is 0 Å². The highest BCUT2D eigenvalue weighted by molar-refractivity contribution is 7.92. The van der Waals surface area contributed by atoms with Crippen molar-refractivity contribution in [1.82, 2.24) is 10.2 Å². The Hall–Kier alpha value is -3.14. The first kappa shape index (κ1) is 31.4. The van der Waals surface area contributed by atoms with Crippen LogP contribution in [0.3, 0.4) is 0 Å². The van der Waals surface area contributed by atoms with Gasteiger partial charge in [0.15, 0.2) is 0 Å². The fourth-order valence-corrected chi connectivity index (χ4v) is 5.46. The van der Waals surface area contributed by atoms with Gasteiger partial charge in [0.25, 0.3) is 0 Å². The van der Waals surface area contributed by atoms with Crippen molar-refractivity contribution in [2.24, 2.45) is 0 Å². The van der Waals surface area contributed by atoms with Crippen LogP contribution in [0.2, 0.25) is 10.0 Å². The molecule has 1 N–H and O–H groups in total. The van der Waals surface area contributed by atoms with E-state index in [4.69, 9.17) is 23.2 Å². The lowest BCUT2D eigenvalue weighted by Gasteiger charge is -2.34. The van der Waals surface area contributed by atoms with Crippen LogP contribution in [0.25, 0.3) is 0 Å². The van der Waals surface area contributed by atoms with Gasteiger partial charge in [0, 0.05) is 34.6 Å². The minimum absolute atomic E-state index is 0.134. The third kappa shape index (κ3) is 8.19. The first-order valence-corrected chi connectivity index (χ1v) is 15.3. The topological polar surface area (TPSA) is 86.8 Å². The van der Waals surface area contributed by atoms with Crippen molar-refractivity contribution in [3.05, 3.63) is 99.8 Å². The molecule has 0 aliphatic carbocycles. The predicted molar refractivity (Wildman–Crippen MR) is 157 cm³/mol. The quantitative estimate of drug-likeness (QED) is 0.296. The molecular weight excluding hydrogens is 576 g/mol. The van der Waals surface area contributed by atoms with E-state index < -0.39 is 40.2 Å². The number of para-hydroxylation sites is 1. The summed E-state index contributed by atoms with van der Waals surface area (Å²) in [6, 6.07) is 18.0. The van der Waals surface area contributed by atoms with Crippen molar-refractivity contribution in [1.29, 1.82) is 0 Å². The van der Waals surface area contributed by atoms with Crippen LogP contribution in [0.5, 0.6) is 0 Å². The molecule has 2 amide bonds. The Labute approximate surface area is 244 Å². The van der Waals surface area contributed by atoms with Crippen LogP contribution in [0.4, 0.5) is 10.1 Å². The summed E-state index contributed by atoms with van der Waals surface area (Å²) in [5, 5.41) is 3.49. The molecule has 0 heterocycles. The standard InChI is InChI=1S/C29H32Cl2FN3O4S/c1-4-20(2)33-29(37)27(17-21-11-6-5-7-12-21)34(18-22-23(30)13-10-14-24(22)31)28(36)19-35(40(3,38)39)26-16-9-8-15-25(26)32/h5-16,20,27H,4,17-19H2,1-3H3,(H,33,37)/t20-,27+/m0/s1. The van der Waals surface area contributed by atoms with E-state index in [1.165, 1.54) is 23.1 Å². The molecule has 3 aromatic rings. The highest BCUT2D eigenvalue weighted by Gasteiger charge is 2.34. The summed E-state index contributed by atoms with van der Waals surface area (Å²) >= 11 is 12.9. The van der Waals surface area contributed by atoms with Gasteiger partial charge in [0.1, 0.15) is 18.4 Å². The number of carbonyl (C=O) groups excluding carboxylic acids is 2. The smallest absolute Gasteiger partial charge is 0.244 e. The SMILES string of the molecule is CC[C@H](C)NC(=O)[C@@H](Cc1ccccc1)N(Cc1c(Cl)cccc1Cl)C(=O)CN(c1ccccc1F)S(C)(=O)=O. The zero-order valence-corrected chi connectivity index (χ0v) is 24.8. The molecule has 0 saturated heterocycles. The maximum atomic E-state index is 14.7. The molecule has 7 nitrogen and oxygen atoms in total. The third-order valence-electron chi connectivity index (χ3n) is 6.46. The number of nitrogens with one attached hydrogen (secondary N) is 1. The molecule has 40 heavy (non-hydrogen) atoms. The molecule has 3 rings (SSSR count). The van der Waals surface area contributed by atoms with Crippen LogP contribution in [-0.4, -0.2) is 50.0 Å². The highest BCUT2D eigenvalue weighted by Crippen LogP contribution is 2.28. The fraction of sp³-hybridized carbons (Fsp3) is 0.310. The summed E-state index contributed by atoms with van der Waals surface area (Å²) in [5.74, 6) is -1.96. The molecule has 11 heteroatoms. The van der Waals surface area contributed by atoms with Crippen molar-refractivity contribution in [3.63, 3.8) is 0 Å². The van der Waals surface area contributed by atoms with Gasteiger partial charge in [-0.05, 0) is 43.2 Å². The normalized spacial score (nSPS) is 12.8. The second-order valence-electron chi connectivity index (χ2n) is 9.47. The maximum absolute atomic E-state index is 14.7. The summed E-state index contributed by atoms with van der Waals surface area (Å²) in [7, 11) is -4.09. The largest absolute Gasteiger partial charge is 0.352 e. The minimum atomic E-state index is -4.09. The first-order valence-electron chi connectivity index (χ1n) is 12.7. The van der Waals surface area contributed by atoms with Crippen LogP contribution < -0.4 is 9.62 Å². The number of carbonyl (C=O) groups is 2. The number of amides is 2. The van der Waals surface area contributed by atoms with E-state index in [1.807, 2.05) is 44.2 Å². The molecule has 214 valence electrons. The van der Waals surface area contributed by atoms with Crippen molar-refractivity contribution >= 4 is 50.7 Å². The van der Waals surface area contributed by atoms with Crippen molar-refractivity contribution in [3.8, 4) is 0 Å². The Morgan fingerprint density at radius 1 is 0.950 bits per heavy atom. The van der Waals surface area contributed by atoms with E-state index in [0.717, 1.165) is 17.9 Å². The lowest BCUT2D eigenvalue weighted by Crippen LogP contribution is -2.54. The van der Waals surface area contributed by atoms with E-state index >= 15 is 0 Å². The molecular formula is C29H32Cl2FN3O4S. The molecule has 0 saturated carbocycles. The lowest BCUT2D eigenvalue weighted by molar-refractivity contribution is -0.140. The van der Waals surface area contributed by atoms with Crippen LogP contribution in [-0.2, 0) is 32.6 Å². The van der Waals surface area contributed by atoms with Gasteiger partial charge in [0.2, 0.25) is 21.8 Å². The van der Waals surface area contributed by atoms with Crippen molar-refractivity contribution in [2.75, 3.05) is 17.1 Å². The molecule has 0 bridgehead atoms. The monoisotopic (exact) mass is 607 g/mol. The molecule has 3 aromatic carbocycles. The number of benzene rings is 3. The molecule has 0 aliphatic heterocycles. The predicted octanol–water partition coefficient (Wildman–Crippen LogP) is 5.45. The summed E-state index contributed by atoms with van der Waals surface area (Å²) in [6.07, 6.45) is 1.68. The van der Waals surface area contributed by atoms with E-state index in [2.05, 4.69) is 5.32 Å². The Bertz CT molecular complexity index is 1420. The van der Waals surface area contributed by atoms with Gasteiger partial charge in [-0.3, -0.25) is 13.9 Å². The van der Waals surface area contributed by atoms with Gasteiger partial charge in [0.05, 0.1) is 11.9 Å². The molecule has 0 fully saturated rings. The summed E-state index contributed by atoms with van der Waals surface area (Å²) < 4.78 is 40.9. The van der Waals surface area contributed by atoms with Crippen LogP contribution in [0.15, 0.2) is 72.8 Å². The summed E-state index contributed by atoms with van der Waals surface area (Å²) in [6.45, 7) is 2.83. The van der Waals surface area contributed by atoms with Gasteiger partial charge in [-0.15, -0.1) is 0 Å². The molecule has 0 aromatic heterocycles. The van der Waals surface area contributed by atoms with E-state index in [-0.39, 0.29) is 34.7 Å². The average molecular weight is 609 g/mol. The average Bonchev–Trinajstić information content (AvgIpc) is 2.91. The summed E-state index contributed by atoms with van der Waals surface area (Å²) in [4.78, 5) is 29.0.